The van der Waals surface area contributed by atoms with Gasteiger partial charge >= 0.3 is 0 Å². The molecule has 7 heteroatoms. The summed E-state index contributed by atoms with van der Waals surface area (Å²) in [6.45, 7) is 8.74. The summed E-state index contributed by atoms with van der Waals surface area (Å²) < 4.78 is 7.30. The molecule has 0 radical (unpaired) electrons. The molecule has 0 aliphatic heterocycles. The Labute approximate surface area is 632 Å². The number of pyridine rings is 4. The van der Waals surface area contributed by atoms with Crippen molar-refractivity contribution in [3.63, 3.8) is 0 Å². The van der Waals surface area contributed by atoms with Crippen molar-refractivity contribution in [3.05, 3.63) is 380 Å². The Kier molecular flexibility index (Phi) is 15.7. The Morgan fingerprint density at radius 1 is 0.183 bits per heavy atom. The van der Waals surface area contributed by atoms with Crippen LogP contribution in [-0.2, 0) is 0 Å². The first-order valence-electron chi connectivity index (χ1n) is 37.3. The monoisotopic (exact) mass is 1390 g/mol. The molecule has 0 spiro atoms. The summed E-state index contributed by atoms with van der Waals surface area (Å²) in [6, 6.07) is 130. The van der Waals surface area contributed by atoms with Crippen LogP contribution in [0, 0.1) is 27.7 Å². The molecule has 7 aromatic heterocycles. The maximum absolute atomic E-state index is 6.09. The number of aryl methyl sites for hydroxylation is 4. The molecule has 13 aromatic carbocycles. The van der Waals surface area contributed by atoms with E-state index in [9.17, 15) is 0 Å². The minimum atomic E-state index is 0.791. The molecule has 0 amide bonds. The van der Waals surface area contributed by atoms with E-state index in [0.29, 0.717) is 0 Å². The van der Waals surface area contributed by atoms with Gasteiger partial charge in [-0.2, -0.15) is 0 Å². The summed E-state index contributed by atoms with van der Waals surface area (Å²) >= 11 is 0. The zero-order valence-electron chi connectivity index (χ0n) is 60.7. The van der Waals surface area contributed by atoms with Crippen molar-refractivity contribution < 1.29 is 0 Å². The number of rotatable bonds is 13. The Morgan fingerprint density at radius 3 is 0.881 bits per heavy atom. The number of nitrogens with zero attached hydrogens (tertiary/aromatic N) is 7. The molecule has 0 N–H and O–H groups in total. The van der Waals surface area contributed by atoms with Crippen molar-refractivity contribution in [2.24, 2.45) is 0 Å². The zero-order valence-corrected chi connectivity index (χ0v) is 60.7. The van der Waals surface area contributed by atoms with Gasteiger partial charge < -0.3 is 13.7 Å². The molecule has 0 bridgehead atoms. The molecule has 0 aliphatic rings. The highest BCUT2D eigenvalue weighted by Gasteiger charge is 2.27. The molecule has 0 aliphatic carbocycles. The maximum Gasteiger partial charge on any atom is 0.0956 e. The van der Waals surface area contributed by atoms with E-state index in [1.165, 1.54) is 54.6 Å². The molecule has 0 fully saturated rings. The van der Waals surface area contributed by atoms with Crippen molar-refractivity contribution in [1.29, 1.82) is 0 Å². The predicted octanol–water partition coefficient (Wildman–Crippen LogP) is 26.5. The van der Waals surface area contributed by atoms with Crippen LogP contribution in [0.2, 0.25) is 0 Å². The smallest absolute Gasteiger partial charge is 0.0956 e. The Hall–Kier alpha value is -14.1. The molecule has 514 valence electrons. The van der Waals surface area contributed by atoms with E-state index in [0.717, 1.165) is 162 Å². The predicted molar refractivity (Wildman–Crippen MR) is 454 cm³/mol. The third kappa shape index (κ3) is 11.5. The molecular formula is C102H71N7. The van der Waals surface area contributed by atoms with E-state index in [2.05, 4.69) is 399 Å². The molecule has 0 unspecified atom stereocenters. The summed E-state index contributed by atoms with van der Waals surface area (Å²) in [5.41, 5.74) is 33.2. The number of hydrogen-bond donors (Lipinski definition) is 0. The number of benzene rings is 13. The summed E-state index contributed by atoms with van der Waals surface area (Å²) in [5.74, 6) is 0. The lowest BCUT2D eigenvalue weighted by atomic mass is 9.90. The molecule has 20 aromatic rings. The van der Waals surface area contributed by atoms with Crippen molar-refractivity contribution in [3.8, 4) is 129 Å². The van der Waals surface area contributed by atoms with E-state index in [1.807, 2.05) is 0 Å². The van der Waals surface area contributed by atoms with Crippen LogP contribution >= 0.6 is 0 Å². The highest BCUT2D eigenvalue weighted by molar-refractivity contribution is 6.13. The van der Waals surface area contributed by atoms with Crippen molar-refractivity contribution in [2.45, 2.75) is 27.7 Å². The number of para-hydroxylation sites is 2. The Bertz CT molecular complexity index is 6650. The van der Waals surface area contributed by atoms with Crippen LogP contribution < -0.4 is 0 Å². The maximum atomic E-state index is 6.09. The second kappa shape index (κ2) is 26.5. The van der Waals surface area contributed by atoms with Gasteiger partial charge in [0, 0.05) is 93.8 Å². The minimum absolute atomic E-state index is 0.791. The first-order valence-corrected chi connectivity index (χ1v) is 37.3. The van der Waals surface area contributed by atoms with Crippen LogP contribution in [0.15, 0.2) is 358 Å². The van der Waals surface area contributed by atoms with Gasteiger partial charge in [0.25, 0.3) is 0 Å². The van der Waals surface area contributed by atoms with E-state index in [1.54, 1.807) is 0 Å². The van der Waals surface area contributed by atoms with Gasteiger partial charge in [-0.15, -0.1) is 0 Å². The highest BCUT2D eigenvalue weighted by atomic mass is 15.0. The lowest BCUT2D eigenvalue weighted by molar-refractivity contribution is 1.14. The molecule has 7 nitrogen and oxygen atoms in total. The largest absolute Gasteiger partial charge is 0.309 e. The van der Waals surface area contributed by atoms with Crippen LogP contribution in [-0.4, -0.2) is 33.6 Å². The molecule has 0 atom stereocenters. The lowest BCUT2D eigenvalue weighted by Gasteiger charge is -2.22. The van der Waals surface area contributed by atoms with Gasteiger partial charge in [0.1, 0.15) is 0 Å². The summed E-state index contributed by atoms with van der Waals surface area (Å²) in [7, 11) is 0. The van der Waals surface area contributed by atoms with Gasteiger partial charge in [-0.1, -0.05) is 253 Å². The molecule has 0 saturated heterocycles. The van der Waals surface area contributed by atoms with Crippen molar-refractivity contribution >= 4 is 65.4 Å². The van der Waals surface area contributed by atoms with Crippen LogP contribution in [0.5, 0.6) is 0 Å². The highest BCUT2D eigenvalue weighted by Crippen LogP contribution is 2.48. The van der Waals surface area contributed by atoms with Crippen LogP contribution in [0.1, 0.15) is 22.3 Å². The Balaban J connectivity index is 0.874. The van der Waals surface area contributed by atoms with E-state index in [4.69, 9.17) is 19.9 Å². The fourth-order valence-corrected chi connectivity index (χ4v) is 16.4. The van der Waals surface area contributed by atoms with Gasteiger partial charge in [-0.25, -0.2) is 19.9 Å². The van der Waals surface area contributed by atoms with Crippen LogP contribution in [0.25, 0.3) is 195 Å². The average Bonchev–Trinajstić information content (AvgIpc) is 1.62. The third-order valence-corrected chi connectivity index (χ3v) is 21.6. The number of fused-ring (bicyclic) bond motifs is 9. The van der Waals surface area contributed by atoms with Gasteiger partial charge in [0.2, 0.25) is 0 Å². The van der Waals surface area contributed by atoms with Crippen LogP contribution in [0.4, 0.5) is 0 Å². The van der Waals surface area contributed by atoms with E-state index >= 15 is 0 Å². The fourth-order valence-electron chi connectivity index (χ4n) is 16.4. The van der Waals surface area contributed by atoms with Gasteiger partial charge in [0.05, 0.1) is 84.3 Å². The normalized spacial score (nSPS) is 11.7. The second-order valence-electron chi connectivity index (χ2n) is 28.9. The number of aromatic nitrogens is 7. The van der Waals surface area contributed by atoms with E-state index in [-0.39, 0.29) is 0 Å². The second-order valence-corrected chi connectivity index (χ2v) is 28.9. The SMILES string of the molecule is Cc1ccc2c(c1)c1ccccc1n2-c1ccc(-c2cc(-c3ccccc3-c3cc(-c4cc(-c5ccccc5)nc(-c5ccccc5)c4)nc(-c4cc(-c5ccccc5)nc(-c5ccccc5)c4)c3)c(-n3c4ccc(C)cc4c4cc(C)ccc43)c(-c3ccc(-n4c5ccccc5c5cc(C)ccc54)cc3)n2)cc1. The molecule has 109 heavy (non-hydrogen) atoms. The fraction of sp³-hybridized carbons (Fsp3) is 0.0392. The standard InChI is InChI=1S/C102H71N7/c1-64-37-49-97-83(53-64)81-33-19-21-35-95(81)107(97)77-45-41-72(42-46-77)94-63-87(102(109-99-51-39-66(3)55-85(99)86-56-67(4)40-52-100(86)109)101(106-94)73-43-47-78(48-44-73)108-96-36-22-20-34-82(96)84-54-65(2)38-50-98(84)108)80-32-18-17-31-79(80)74-57-92(75-59-88(68-23-9-5-10-24-68)103-89(60-75)69-25-11-6-12-26-69)105-93(58-74)76-61-90(70-27-13-7-14-28-70)104-91(62-76)71-29-15-8-16-30-71/h5-63H,1-4H3. The Morgan fingerprint density at radius 2 is 0.477 bits per heavy atom. The molecule has 7 heterocycles. The van der Waals surface area contributed by atoms with Gasteiger partial charge in [0.15, 0.2) is 0 Å². The molecule has 0 saturated carbocycles. The first kappa shape index (κ1) is 64.5. The quantitative estimate of drug-likeness (QED) is 0.115. The first-order chi connectivity index (χ1) is 53.6. The molecular weight excluding hydrogens is 1320 g/mol. The third-order valence-electron chi connectivity index (χ3n) is 21.6. The molecule has 20 rings (SSSR count). The number of hydrogen-bond acceptors (Lipinski definition) is 4. The lowest BCUT2D eigenvalue weighted by Crippen LogP contribution is -2.05. The summed E-state index contributed by atoms with van der Waals surface area (Å²) in [6.07, 6.45) is 0. The van der Waals surface area contributed by atoms with Gasteiger partial charge in [-0.3, -0.25) is 0 Å². The van der Waals surface area contributed by atoms with Gasteiger partial charge in [-0.05, 0) is 172 Å². The van der Waals surface area contributed by atoms with Crippen LogP contribution in [0.3, 0.4) is 0 Å². The van der Waals surface area contributed by atoms with Crippen molar-refractivity contribution in [2.75, 3.05) is 0 Å². The minimum Gasteiger partial charge on any atom is -0.309 e. The summed E-state index contributed by atoms with van der Waals surface area (Å²) in [5, 5.41) is 7.26. The van der Waals surface area contributed by atoms with E-state index < -0.39 is 0 Å². The average molecular weight is 1390 g/mol. The zero-order chi connectivity index (χ0) is 72.8. The van der Waals surface area contributed by atoms with Crippen molar-refractivity contribution in [1.82, 2.24) is 33.6 Å². The summed E-state index contributed by atoms with van der Waals surface area (Å²) in [4.78, 5) is 22.7. The topological polar surface area (TPSA) is 66.3 Å².